The molecule has 0 saturated carbocycles. The van der Waals surface area contributed by atoms with Crippen LogP contribution in [0.15, 0.2) is 42.5 Å². The molecule has 1 saturated heterocycles. The Kier molecular flexibility index (Phi) is 7.57. The minimum atomic E-state index is -0.188. The normalized spacial score (nSPS) is 17.3. The number of hydrogen-bond acceptors (Lipinski definition) is 3. The van der Waals surface area contributed by atoms with E-state index in [1.54, 1.807) is 0 Å². The number of aryl methyl sites for hydroxylation is 1. The van der Waals surface area contributed by atoms with E-state index in [9.17, 15) is 4.79 Å². The van der Waals surface area contributed by atoms with Crippen LogP contribution in [0.3, 0.4) is 0 Å². The molecule has 2 N–H and O–H groups in total. The third-order valence-corrected chi connectivity index (χ3v) is 5.38. The summed E-state index contributed by atoms with van der Waals surface area (Å²) in [6.45, 7) is 6.01. The summed E-state index contributed by atoms with van der Waals surface area (Å²) >= 11 is 12.1. The molecule has 0 aliphatic carbocycles. The molecule has 1 heterocycles. The van der Waals surface area contributed by atoms with Gasteiger partial charge in [0.2, 0.25) is 0 Å². The molecule has 2 aromatic rings. The standard InChI is InChI=1S/C21H25Cl2N3O2/c1-15-3-2-4-16(9-15)11-24-21(27)25-12-18-14-26(7-8-28-18)13-17-5-6-19(22)20(23)10-17/h2-6,9-10,18H,7-8,11-14H2,1H3,(H2,24,25,27). The summed E-state index contributed by atoms with van der Waals surface area (Å²) in [6.07, 6.45) is -0.0405. The Morgan fingerprint density at radius 3 is 2.79 bits per heavy atom. The number of hydrogen-bond donors (Lipinski definition) is 2. The molecular weight excluding hydrogens is 397 g/mol. The Morgan fingerprint density at radius 2 is 2.00 bits per heavy atom. The van der Waals surface area contributed by atoms with Gasteiger partial charge in [0.1, 0.15) is 0 Å². The summed E-state index contributed by atoms with van der Waals surface area (Å²) in [7, 11) is 0. The first-order valence-corrected chi connectivity index (χ1v) is 10.1. The van der Waals surface area contributed by atoms with Crippen molar-refractivity contribution >= 4 is 29.2 Å². The maximum atomic E-state index is 12.1. The molecule has 2 amide bonds. The molecule has 1 atom stereocenters. The SMILES string of the molecule is Cc1cccc(CNC(=O)NCC2CN(Cc3ccc(Cl)c(Cl)c3)CCO2)c1. The average molecular weight is 422 g/mol. The fourth-order valence-electron chi connectivity index (χ4n) is 3.22. The predicted molar refractivity (Wildman–Crippen MR) is 113 cm³/mol. The first-order chi connectivity index (χ1) is 13.5. The molecule has 1 aliphatic rings. The molecule has 3 rings (SSSR count). The number of nitrogens with zero attached hydrogens (tertiary/aromatic N) is 1. The lowest BCUT2D eigenvalue weighted by molar-refractivity contribution is -0.0287. The smallest absolute Gasteiger partial charge is 0.315 e. The van der Waals surface area contributed by atoms with Gasteiger partial charge in [-0.25, -0.2) is 4.79 Å². The van der Waals surface area contributed by atoms with Crippen molar-refractivity contribution in [2.75, 3.05) is 26.2 Å². The zero-order valence-corrected chi connectivity index (χ0v) is 17.4. The van der Waals surface area contributed by atoms with Crippen molar-refractivity contribution in [2.45, 2.75) is 26.1 Å². The second-order valence-corrected chi connectivity index (χ2v) is 7.84. The molecule has 0 bridgehead atoms. The van der Waals surface area contributed by atoms with E-state index in [4.69, 9.17) is 27.9 Å². The number of morpholine rings is 1. The van der Waals surface area contributed by atoms with Gasteiger partial charge >= 0.3 is 6.03 Å². The Labute approximate surface area is 176 Å². The van der Waals surface area contributed by atoms with E-state index in [2.05, 4.69) is 21.6 Å². The zero-order chi connectivity index (χ0) is 19.9. The summed E-state index contributed by atoms with van der Waals surface area (Å²) in [5, 5.41) is 6.91. The van der Waals surface area contributed by atoms with Crippen LogP contribution in [0.25, 0.3) is 0 Å². The summed E-state index contributed by atoms with van der Waals surface area (Å²) in [5.74, 6) is 0. The van der Waals surface area contributed by atoms with Crippen LogP contribution in [-0.4, -0.2) is 43.3 Å². The van der Waals surface area contributed by atoms with Gasteiger partial charge in [0.05, 0.1) is 22.8 Å². The fraction of sp³-hybridized carbons (Fsp3) is 0.381. The molecule has 2 aromatic carbocycles. The van der Waals surface area contributed by atoms with Crippen LogP contribution < -0.4 is 10.6 Å². The van der Waals surface area contributed by atoms with E-state index in [-0.39, 0.29) is 12.1 Å². The molecule has 5 nitrogen and oxygen atoms in total. The highest BCUT2D eigenvalue weighted by atomic mass is 35.5. The summed E-state index contributed by atoms with van der Waals surface area (Å²) in [5.41, 5.74) is 3.37. The minimum absolute atomic E-state index is 0.0405. The van der Waals surface area contributed by atoms with E-state index in [1.807, 2.05) is 43.3 Å². The van der Waals surface area contributed by atoms with Crippen LogP contribution in [0.5, 0.6) is 0 Å². The van der Waals surface area contributed by atoms with Crippen LogP contribution in [0, 0.1) is 6.92 Å². The number of carbonyl (C=O) groups excluding carboxylic acids is 1. The third-order valence-electron chi connectivity index (χ3n) is 4.64. The lowest BCUT2D eigenvalue weighted by Crippen LogP contribution is -2.48. The molecule has 7 heteroatoms. The topological polar surface area (TPSA) is 53.6 Å². The zero-order valence-electron chi connectivity index (χ0n) is 15.9. The van der Waals surface area contributed by atoms with Crippen molar-refractivity contribution in [1.82, 2.24) is 15.5 Å². The monoisotopic (exact) mass is 421 g/mol. The van der Waals surface area contributed by atoms with E-state index in [0.29, 0.717) is 29.7 Å². The average Bonchev–Trinajstić information content (AvgIpc) is 2.68. The van der Waals surface area contributed by atoms with Crippen molar-refractivity contribution in [1.29, 1.82) is 0 Å². The van der Waals surface area contributed by atoms with Gasteiger partial charge in [-0.3, -0.25) is 4.90 Å². The number of rotatable bonds is 6. The first-order valence-electron chi connectivity index (χ1n) is 9.35. The number of ether oxygens (including phenoxy) is 1. The Hall–Kier alpha value is -1.79. The van der Waals surface area contributed by atoms with E-state index in [1.165, 1.54) is 5.56 Å². The number of halogens is 2. The van der Waals surface area contributed by atoms with Gasteiger partial charge in [0, 0.05) is 32.7 Å². The van der Waals surface area contributed by atoms with Crippen molar-refractivity contribution in [3.8, 4) is 0 Å². The van der Waals surface area contributed by atoms with E-state index >= 15 is 0 Å². The molecule has 1 aliphatic heterocycles. The lowest BCUT2D eigenvalue weighted by Gasteiger charge is -2.33. The van der Waals surface area contributed by atoms with Gasteiger partial charge in [-0.15, -0.1) is 0 Å². The molecule has 0 spiro atoms. The lowest BCUT2D eigenvalue weighted by atomic mass is 10.1. The summed E-state index contributed by atoms with van der Waals surface area (Å²) < 4.78 is 5.79. The van der Waals surface area contributed by atoms with Gasteiger partial charge in [0.25, 0.3) is 0 Å². The maximum Gasteiger partial charge on any atom is 0.315 e. The van der Waals surface area contributed by atoms with Crippen LogP contribution >= 0.6 is 23.2 Å². The molecular formula is C21H25Cl2N3O2. The summed E-state index contributed by atoms with van der Waals surface area (Å²) in [4.78, 5) is 14.4. The minimum Gasteiger partial charge on any atom is -0.374 e. The van der Waals surface area contributed by atoms with Crippen LogP contribution in [0.1, 0.15) is 16.7 Å². The molecule has 28 heavy (non-hydrogen) atoms. The molecule has 1 fully saturated rings. The molecule has 0 aromatic heterocycles. The number of nitrogens with one attached hydrogen (secondary N) is 2. The number of amides is 2. The van der Waals surface area contributed by atoms with Crippen LogP contribution in [-0.2, 0) is 17.8 Å². The number of carbonyl (C=O) groups is 1. The molecule has 150 valence electrons. The largest absolute Gasteiger partial charge is 0.374 e. The quantitative estimate of drug-likeness (QED) is 0.740. The third kappa shape index (κ3) is 6.38. The molecule has 0 radical (unpaired) electrons. The van der Waals surface area contributed by atoms with Crippen LogP contribution in [0.2, 0.25) is 10.0 Å². The highest BCUT2D eigenvalue weighted by Crippen LogP contribution is 2.23. The number of benzene rings is 2. The van der Waals surface area contributed by atoms with Crippen molar-refractivity contribution in [3.63, 3.8) is 0 Å². The second kappa shape index (κ2) is 10.1. The van der Waals surface area contributed by atoms with Crippen LogP contribution in [0.4, 0.5) is 4.79 Å². The van der Waals surface area contributed by atoms with Gasteiger partial charge in [-0.1, -0.05) is 59.1 Å². The summed E-state index contributed by atoms with van der Waals surface area (Å²) in [6, 6.07) is 13.6. The fourth-order valence-corrected chi connectivity index (χ4v) is 3.54. The highest BCUT2D eigenvalue weighted by molar-refractivity contribution is 6.42. The van der Waals surface area contributed by atoms with E-state index in [0.717, 1.165) is 30.8 Å². The first kappa shape index (κ1) is 20.9. The van der Waals surface area contributed by atoms with E-state index < -0.39 is 0 Å². The molecule has 1 unspecified atom stereocenters. The second-order valence-electron chi connectivity index (χ2n) is 7.03. The Bertz CT molecular complexity index is 816. The van der Waals surface area contributed by atoms with Gasteiger partial charge in [-0.05, 0) is 30.2 Å². The van der Waals surface area contributed by atoms with Gasteiger partial charge in [0.15, 0.2) is 0 Å². The Balaban J connectivity index is 1.41. The maximum absolute atomic E-state index is 12.1. The van der Waals surface area contributed by atoms with Crippen molar-refractivity contribution in [3.05, 3.63) is 69.2 Å². The number of urea groups is 1. The van der Waals surface area contributed by atoms with Gasteiger partial charge < -0.3 is 15.4 Å². The Morgan fingerprint density at radius 1 is 1.14 bits per heavy atom. The predicted octanol–water partition coefficient (Wildman–Crippen LogP) is 4.00. The van der Waals surface area contributed by atoms with Crippen molar-refractivity contribution in [2.24, 2.45) is 0 Å². The highest BCUT2D eigenvalue weighted by Gasteiger charge is 2.21. The van der Waals surface area contributed by atoms with Crippen molar-refractivity contribution < 1.29 is 9.53 Å². The van der Waals surface area contributed by atoms with Gasteiger partial charge in [-0.2, -0.15) is 0 Å².